The van der Waals surface area contributed by atoms with Crippen molar-refractivity contribution in [2.45, 2.75) is 12.4 Å². The second kappa shape index (κ2) is 3.08. The van der Waals surface area contributed by atoms with E-state index in [1.807, 2.05) is 7.85 Å². The molecule has 1 rings (SSSR count). The van der Waals surface area contributed by atoms with E-state index in [-0.39, 0.29) is 12.5 Å². The van der Waals surface area contributed by atoms with Gasteiger partial charge in [0, 0.05) is 6.66 Å². The zero-order valence-electron chi connectivity index (χ0n) is 6.37. The third kappa shape index (κ3) is 2.12. The van der Waals surface area contributed by atoms with Crippen molar-refractivity contribution in [3.63, 3.8) is 0 Å². The smallest absolute Gasteiger partial charge is 0.225 e. The standard InChI is InChI=1S/C5H12BO3P/c1-10(7)4-8-5(2-6)3-9-10/h5H,2-4,6H2,1H3/t5-,10?/m0/s1. The highest BCUT2D eigenvalue weighted by Gasteiger charge is 2.25. The number of ether oxygens (including phenoxy) is 1. The van der Waals surface area contributed by atoms with Gasteiger partial charge in [-0.05, 0) is 0 Å². The zero-order chi connectivity index (χ0) is 7.61. The van der Waals surface area contributed by atoms with Gasteiger partial charge in [-0.25, -0.2) is 0 Å². The van der Waals surface area contributed by atoms with Crippen LogP contribution in [0.25, 0.3) is 0 Å². The van der Waals surface area contributed by atoms with Crippen LogP contribution in [0.2, 0.25) is 6.32 Å². The SMILES string of the molecule is BC[C@H]1COP(C)(=O)CO1. The fourth-order valence-corrected chi connectivity index (χ4v) is 1.84. The Kier molecular flexibility index (Phi) is 2.56. The Bertz CT molecular complexity index is 149. The van der Waals surface area contributed by atoms with Crippen LogP contribution in [0, 0.1) is 0 Å². The Hall–Kier alpha value is 0.215. The average Bonchev–Trinajstić information content (AvgIpc) is 1.88. The van der Waals surface area contributed by atoms with Gasteiger partial charge in [0.25, 0.3) is 0 Å². The maximum Gasteiger partial charge on any atom is 0.225 e. The van der Waals surface area contributed by atoms with E-state index in [1.165, 1.54) is 0 Å². The van der Waals surface area contributed by atoms with E-state index in [0.717, 1.165) is 6.32 Å². The molecular weight excluding hydrogens is 150 g/mol. The minimum Gasteiger partial charge on any atom is -0.366 e. The number of rotatable bonds is 1. The van der Waals surface area contributed by atoms with Crippen LogP contribution < -0.4 is 0 Å². The van der Waals surface area contributed by atoms with Crippen molar-refractivity contribution in [1.82, 2.24) is 0 Å². The van der Waals surface area contributed by atoms with E-state index < -0.39 is 7.37 Å². The van der Waals surface area contributed by atoms with Crippen molar-refractivity contribution in [3.8, 4) is 0 Å². The molecule has 10 heavy (non-hydrogen) atoms. The molecular formula is C5H12BO3P. The normalized spacial score (nSPS) is 41.5. The molecule has 0 N–H and O–H groups in total. The van der Waals surface area contributed by atoms with Gasteiger partial charge < -0.3 is 9.26 Å². The zero-order valence-corrected chi connectivity index (χ0v) is 7.27. The molecule has 1 unspecified atom stereocenters. The molecule has 0 amide bonds. The van der Waals surface area contributed by atoms with Crippen molar-refractivity contribution in [3.05, 3.63) is 0 Å². The van der Waals surface area contributed by atoms with Gasteiger partial charge in [-0.3, -0.25) is 4.57 Å². The fourth-order valence-electron chi connectivity index (χ4n) is 0.803. The maximum absolute atomic E-state index is 11.1. The summed E-state index contributed by atoms with van der Waals surface area (Å²) >= 11 is 0. The van der Waals surface area contributed by atoms with Gasteiger partial charge in [0.2, 0.25) is 7.37 Å². The first-order valence-corrected chi connectivity index (χ1v) is 5.72. The van der Waals surface area contributed by atoms with Crippen LogP contribution in [0.4, 0.5) is 0 Å². The van der Waals surface area contributed by atoms with Crippen molar-refractivity contribution < 1.29 is 13.8 Å². The number of hydrogen-bond donors (Lipinski definition) is 0. The first-order chi connectivity index (χ1) is 4.64. The van der Waals surface area contributed by atoms with Crippen molar-refractivity contribution >= 4 is 15.2 Å². The highest BCUT2D eigenvalue weighted by molar-refractivity contribution is 7.58. The molecule has 0 aromatic rings. The van der Waals surface area contributed by atoms with Gasteiger partial charge in [-0.2, -0.15) is 0 Å². The van der Waals surface area contributed by atoms with Gasteiger partial charge in [-0.15, -0.1) is 0 Å². The molecule has 1 aliphatic heterocycles. The van der Waals surface area contributed by atoms with Crippen LogP contribution in [0.5, 0.6) is 0 Å². The molecule has 58 valence electrons. The molecule has 2 atom stereocenters. The second-order valence-electron chi connectivity index (χ2n) is 2.64. The third-order valence-corrected chi connectivity index (χ3v) is 2.85. The van der Waals surface area contributed by atoms with E-state index in [0.29, 0.717) is 6.61 Å². The molecule has 0 spiro atoms. The van der Waals surface area contributed by atoms with E-state index >= 15 is 0 Å². The van der Waals surface area contributed by atoms with Crippen LogP contribution in [0.15, 0.2) is 0 Å². The summed E-state index contributed by atoms with van der Waals surface area (Å²) in [7, 11) is -0.332. The van der Waals surface area contributed by atoms with E-state index in [2.05, 4.69) is 0 Å². The molecule has 1 saturated heterocycles. The Morgan fingerprint density at radius 3 is 2.90 bits per heavy atom. The highest BCUT2D eigenvalue weighted by atomic mass is 31.2. The van der Waals surface area contributed by atoms with Crippen LogP contribution in [-0.2, 0) is 13.8 Å². The second-order valence-corrected chi connectivity index (χ2v) is 5.18. The monoisotopic (exact) mass is 162 g/mol. The minimum atomic E-state index is -2.36. The summed E-state index contributed by atoms with van der Waals surface area (Å²) < 4.78 is 21.5. The summed E-state index contributed by atoms with van der Waals surface area (Å²) in [6.45, 7) is 2.10. The lowest BCUT2D eigenvalue weighted by Gasteiger charge is -2.26. The number of hydrogen-bond acceptors (Lipinski definition) is 3. The summed E-state index contributed by atoms with van der Waals surface area (Å²) in [6, 6.07) is 0. The van der Waals surface area contributed by atoms with Gasteiger partial charge in [0.05, 0.1) is 12.7 Å². The van der Waals surface area contributed by atoms with Gasteiger partial charge >= 0.3 is 0 Å². The first-order valence-electron chi connectivity index (χ1n) is 3.47. The first kappa shape index (κ1) is 8.31. The van der Waals surface area contributed by atoms with Gasteiger partial charge in [-0.1, -0.05) is 6.32 Å². The van der Waals surface area contributed by atoms with Crippen molar-refractivity contribution in [1.29, 1.82) is 0 Å². The van der Waals surface area contributed by atoms with Crippen molar-refractivity contribution in [2.24, 2.45) is 0 Å². The summed E-state index contributed by atoms with van der Waals surface area (Å²) in [5.74, 6) is 0. The molecule has 0 bridgehead atoms. The molecule has 0 saturated carbocycles. The Balaban J connectivity index is 2.38. The maximum atomic E-state index is 11.1. The van der Waals surface area contributed by atoms with Crippen LogP contribution in [-0.4, -0.2) is 33.6 Å². The molecule has 0 radical (unpaired) electrons. The topological polar surface area (TPSA) is 35.5 Å². The molecule has 5 heteroatoms. The Morgan fingerprint density at radius 2 is 2.50 bits per heavy atom. The molecule has 1 heterocycles. The van der Waals surface area contributed by atoms with Gasteiger partial charge in [0.1, 0.15) is 14.2 Å². The van der Waals surface area contributed by atoms with Crippen LogP contribution in [0.3, 0.4) is 0 Å². The van der Waals surface area contributed by atoms with Gasteiger partial charge in [0.15, 0.2) is 0 Å². The van der Waals surface area contributed by atoms with Crippen LogP contribution >= 0.6 is 7.37 Å². The van der Waals surface area contributed by atoms with E-state index in [9.17, 15) is 4.57 Å². The lowest BCUT2D eigenvalue weighted by molar-refractivity contribution is 0.0268. The molecule has 0 aromatic heterocycles. The van der Waals surface area contributed by atoms with E-state index in [1.54, 1.807) is 6.66 Å². The summed E-state index contributed by atoms with van der Waals surface area (Å²) in [5, 5.41) is 0. The summed E-state index contributed by atoms with van der Waals surface area (Å²) in [6.07, 6.45) is 1.37. The Morgan fingerprint density at radius 1 is 1.80 bits per heavy atom. The fraction of sp³-hybridized carbons (Fsp3) is 1.00. The third-order valence-electron chi connectivity index (χ3n) is 1.53. The lowest BCUT2D eigenvalue weighted by Crippen LogP contribution is -2.24. The minimum absolute atomic E-state index is 0.155. The molecule has 1 fully saturated rings. The Labute approximate surface area is 61.9 Å². The van der Waals surface area contributed by atoms with Crippen molar-refractivity contribution in [2.75, 3.05) is 19.6 Å². The summed E-state index contributed by atoms with van der Waals surface area (Å²) in [4.78, 5) is 0. The molecule has 1 aliphatic rings. The van der Waals surface area contributed by atoms with Crippen LogP contribution in [0.1, 0.15) is 0 Å². The van der Waals surface area contributed by atoms with E-state index in [4.69, 9.17) is 9.26 Å². The molecule has 0 aromatic carbocycles. The highest BCUT2D eigenvalue weighted by Crippen LogP contribution is 2.45. The molecule has 0 aliphatic carbocycles. The predicted octanol–water partition coefficient (Wildman–Crippen LogP) is 0.319. The average molecular weight is 162 g/mol. The lowest BCUT2D eigenvalue weighted by atomic mass is 10.0. The molecule has 3 nitrogen and oxygen atoms in total. The predicted molar refractivity (Wildman–Crippen MR) is 42.6 cm³/mol. The quantitative estimate of drug-likeness (QED) is 0.411. The largest absolute Gasteiger partial charge is 0.366 e. The summed E-state index contributed by atoms with van der Waals surface area (Å²) in [5.41, 5.74) is 0.